The van der Waals surface area contributed by atoms with Crippen LogP contribution in [0, 0.1) is 17.6 Å². The first-order valence-electron chi connectivity index (χ1n) is 7.76. The van der Waals surface area contributed by atoms with Gasteiger partial charge in [0.15, 0.2) is 11.6 Å². The van der Waals surface area contributed by atoms with Gasteiger partial charge in [0, 0.05) is 18.9 Å². The molecule has 23 heavy (non-hydrogen) atoms. The van der Waals surface area contributed by atoms with E-state index in [-0.39, 0.29) is 0 Å². The van der Waals surface area contributed by atoms with Crippen LogP contribution in [0.1, 0.15) is 18.4 Å². The van der Waals surface area contributed by atoms with E-state index in [0.717, 1.165) is 31.5 Å². The Bertz CT molecular complexity index is 631. The van der Waals surface area contributed by atoms with Crippen LogP contribution >= 0.6 is 0 Å². The maximum atomic E-state index is 13.2. The van der Waals surface area contributed by atoms with Crippen molar-refractivity contribution in [1.29, 1.82) is 0 Å². The first-order valence-corrected chi connectivity index (χ1v) is 7.76. The Hall–Kier alpha value is -2.08. The molecule has 1 aromatic heterocycles. The summed E-state index contributed by atoms with van der Waals surface area (Å²) in [6.45, 7) is 3.13. The molecule has 0 spiro atoms. The topological polar surface area (TPSA) is 38.2 Å². The first-order chi connectivity index (χ1) is 11.2. The van der Waals surface area contributed by atoms with Crippen LogP contribution in [0.3, 0.4) is 0 Å². The van der Waals surface area contributed by atoms with Crippen LogP contribution in [0.15, 0.2) is 36.8 Å². The summed E-state index contributed by atoms with van der Waals surface area (Å²) >= 11 is 0. The van der Waals surface area contributed by atoms with Crippen molar-refractivity contribution in [1.82, 2.24) is 14.9 Å². The van der Waals surface area contributed by atoms with Crippen LogP contribution in [0.5, 0.6) is 5.88 Å². The fourth-order valence-corrected chi connectivity index (χ4v) is 2.77. The van der Waals surface area contributed by atoms with E-state index in [1.165, 1.54) is 12.1 Å². The zero-order valence-corrected chi connectivity index (χ0v) is 12.8. The summed E-state index contributed by atoms with van der Waals surface area (Å²) in [6.07, 6.45) is 6.87. The number of ether oxygens (including phenoxy) is 1. The molecule has 3 rings (SSSR count). The van der Waals surface area contributed by atoms with Crippen molar-refractivity contribution in [2.24, 2.45) is 5.92 Å². The number of likely N-dealkylation sites (tertiary alicyclic amines) is 1. The Kier molecular flexibility index (Phi) is 5.12. The highest BCUT2D eigenvalue weighted by Gasteiger charge is 2.20. The molecule has 0 N–H and O–H groups in total. The summed E-state index contributed by atoms with van der Waals surface area (Å²) in [7, 11) is 0. The predicted octanol–water partition coefficient (Wildman–Crippen LogP) is 3.05. The van der Waals surface area contributed by atoms with Crippen molar-refractivity contribution >= 4 is 0 Å². The number of benzene rings is 1. The number of aromatic nitrogens is 2. The maximum absolute atomic E-state index is 13.2. The van der Waals surface area contributed by atoms with Crippen molar-refractivity contribution in [3.05, 3.63) is 54.0 Å². The van der Waals surface area contributed by atoms with E-state index >= 15 is 0 Å². The largest absolute Gasteiger partial charge is 0.476 e. The van der Waals surface area contributed by atoms with Crippen LogP contribution < -0.4 is 4.74 Å². The summed E-state index contributed by atoms with van der Waals surface area (Å²) in [6, 6.07) is 4.10. The van der Waals surface area contributed by atoms with E-state index < -0.39 is 11.6 Å². The number of piperidine rings is 1. The highest BCUT2D eigenvalue weighted by Crippen LogP contribution is 2.20. The zero-order chi connectivity index (χ0) is 16.1. The molecule has 1 aliphatic rings. The molecule has 0 radical (unpaired) electrons. The Morgan fingerprint density at radius 1 is 1.13 bits per heavy atom. The van der Waals surface area contributed by atoms with Gasteiger partial charge in [0.1, 0.15) is 0 Å². The minimum Gasteiger partial charge on any atom is -0.476 e. The average Bonchev–Trinajstić information content (AvgIpc) is 2.58. The molecule has 0 saturated carbocycles. The van der Waals surface area contributed by atoms with Gasteiger partial charge in [-0.15, -0.1) is 0 Å². The fraction of sp³-hybridized carbons (Fsp3) is 0.412. The molecule has 0 atom stereocenters. The Labute approximate surface area is 134 Å². The normalized spacial score (nSPS) is 16.4. The average molecular weight is 319 g/mol. The van der Waals surface area contributed by atoms with Crippen LogP contribution in [0.2, 0.25) is 0 Å². The van der Waals surface area contributed by atoms with Crippen LogP contribution in [-0.2, 0) is 6.54 Å². The fourth-order valence-electron chi connectivity index (χ4n) is 2.77. The lowest BCUT2D eigenvalue weighted by Gasteiger charge is -2.31. The van der Waals surface area contributed by atoms with Gasteiger partial charge in [-0.2, -0.15) is 0 Å². The van der Waals surface area contributed by atoms with Crippen molar-refractivity contribution < 1.29 is 13.5 Å². The van der Waals surface area contributed by atoms with Crippen molar-refractivity contribution in [3.8, 4) is 5.88 Å². The number of hydrogen-bond donors (Lipinski definition) is 0. The molecule has 2 heterocycles. The lowest BCUT2D eigenvalue weighted by atomic mass is 9.97. The van der Waals surface area contributed by atoms with Gasteiger partial charge in [-0.25, -0.2) is 13.8 Å². The monoisotopic (exact) mass is 319 g/mol. The molecule has 0 amide bonds. The standard InChI is InChI=1S/C17H19F2N3O/c18-15-2-1-14(9-16(15)19)11-22-7-3-13(4-8-22)12-23-17-10-20-5-6-21-17/h1-2,5-6,9-10,13H,3-4,7-8,11-12H2. The van der Waals surface area contributed by atoms with Gasteiger partial charge in [-0.3, -0.25) is 9.88 Å². The smallest absolute Gasteiger partial charge is 0.232 e. The molecule has 0 unspecified atom stereocenters. The summed E-state index contributed by atoms with van der Waals surface area (Å²) in [5.74, 6) is -0.543. The second kappa shape index (κ2) is 7.46. The third-order valence-corrected chi connectivity index (χ3v) is 4.10. The Morgan fingerprint density at radius 2 is 1.96 bits per heavy atom. The van der Waals surface area contributed by atoms with Crippen LogP contribution in [-0.4, -0.2) is 34.6 Å². The molecule has 4 nitrogen and oxygen atoms in total. The SMILES string of the molecule is Fc1ccc(CN2CCC(COc3cnccn3)CC2)cc1F. The Balaban J connectivity index is 1.44. The van der Waals surface area contributed by atoms with Crippen LogP contribution in [0.25, 0.3) is 0 Å². The first kappa shape index (κ1) is 15.8. The molecule has 1 aromatic carbocycles. The number of halogens is 2. The Morgan fingerprint density at radius 3 is 2.65 bits per heavy atom. The van der Waals surface area contributed by atoms with Gasteiger partial charge in [-0.05, 0) is 49.5 Å². The molecular weight excluding hydrogens is 300 g/mol. The number of rotatable bonds is 5. The lowest BCUT2D eigenvalue weighted by Crippen LogP contribution is -2.35. The minimum atomic E-state index is -0.798. The lowest BCUT2D eigenvalue weighted by molar-refractivity contribution is 0.134. The van der Waals surface area contributed by atoms with Crippen molar-refractivity contribution in [2.45, 2.75) is 19.4 Å². The molecular formula is C17H19F2N3O. The summed E-state index contributed by atoms with van der Waals surface area (Å²) < 4.78 is 31.8. The highest BCUT2D eigenvalue weighted by molar-refractivity contribution is 5.17. The molecule has 1 fully saturated rings. The van der Waals surface area contributed by atoms with Gasteiger partial charge in [0.05, 0.1) is 12.8 Å². The van der Waals surface area contributed by atoms with E-state index in [1.54, 1.807) is 24.7 Å². The second-order valence-electron chi connectivity index (χ2n) is 5.82. The summed E-state index contributed by atoms with van der Waals surface area (Å²) in [5.41, 5.74) is 0.804. The second-order valence-corrected chi connectivity index (χ2v) is 5.82. The maximum Gasteiger partial charge on any atom is 0.232 e. The zero-order valence-electron chi connectivity index (χ0n) is 12.8. The molecule has 122 valence electrons. The predicted molar refractivity (Wildman–Crippen MR) is 81.9 cm³/mol. The van der Waals surface area contributed by atoms with Gasteiger partial charge in [0.2, 0.25) is 5.88 Å². The van der Waals surface area contributed by atoms with Gasteiger partial charge in [-0.1, -0.05) is 6.07 Å². The van der Waals surface area contributed by atoms with E-state index in [1.807, 2.05) is 0 Å². The van der Waals surface area contributed by atoms with Crippen molar-refractivity contribution in [2.75, 3.05) is 19.7 Å². The quantitative estimate of drug-likeness (QED) is 0.849. The summed E-state index contributed by atoms with van der Waals surface area (Å²) in [4.78, 5) is 10.3. The molecule has 6 heteroatoms. The minimum absolute atomic E-state index is 0.484. The molecule has 1 saturated heterocycles. The van der Waals surface area contributed by atoms with E-state index in [2.05, 4.69) is 14.9 Å². The molecule has 2 aromatic rings. The summed E-state index contributed by atoms with van der Waals surface area (Å²) in [5, 5.41) is 0. The van der Waals surface area contributed by atoms with Gasteiger partial charge in [0.25, 0.3) is 0 Å². The van der Waals surface area contributed by atoms with Gasteiger partial charge < -0.3 is 4.74 Å². The third kappa shape index (κ3) is 4.45. The van der Waals surface area contributed by atoms with Gasteiger partial charge >= 0.3 is 0 Å². The number of nitrogens with zero attached hydrogens (tertiary/aromatic N) is 3. The van der Waals surface area contributed by atoms with E-state index in [9.17, 15) is 8.78 Å². The molecule has 0 bridgehead atoms. The van der Waals surface area contributed by atoms with E-state index in [0.29, 0.717) is 24.9 Å². The number of hydrogen-bond acceptors (Lipinski definition) is 4. The van der Waals surface area contributed by atoms with Crippen LogP contribution in [0.4, 0.5) is 8.78 Å². The third-order valence-electron chi connectivity index (χ3n) is 4.10. The molecule has 0 aliphatic carbocycles. The van der Waals surface area contributed by atoms with E-state index in [4.69, 9.17) is 4.74 Å². The highest BCUT2D eigenvalue weighted by atomic mass is 19.2. The molecule has 1 aliphatic heterocycles. The van der Waals surface area contributed by atoms with Crippen molar-refractivity contribution in [3.63, 3.8) is 0 Å².